The summed E-state index contributed by atoms with van der Waals surface area (Å²) in [6, 6.07) is 9.88. The molecule has 0 spiro atoms. The molecule has 1 aliphatic rings. The van der Waals surface area contributed by atoms with Gasteiger partial charge in [-0.3, -0.25) is 4.79 Å². The van der Waals surface area contributed by atoms with Gasteiger partial charge in [0.2, 0.25) is 0 Å². The number of thiazole rings is 1. The van der Waals surface area contributed by atoms with E-state index in [0.29, 0.717) is 36.1 Å². The predicted octanol–water partition coefficient (Wildman–Crippen LogP) is 2.64. The van der Waals surface area contributed by atoms with Gasteiger partial charge in [0.05, 0.1) is 20.7 Å². The number of sulfone groups is 1. The molecule has 2 heterocycles. The van der Waals surface area contributed by atoms with Crippen LogP contribution in [-0.2, 0) is 16.4 Å². The number of aromatic nitrogens is 1. The number of fused-ring (bicyclic) bond motifs is 2. The van der Waals surface area contributed by atoms with Gasteiger partial charge in [0.15, 0.2) is 26.1 Å². The molecule has 3 aromatic rings. The smallest absolute Gasteiger partial charge is 0.280 e. The molecule has 1 amide bonds. The highest BCUT2D eigenvalue weighted by atomic mass is 32.2. The van der Waals surface area contributed by atoms with Crippen molar-refractivity contribution in [2.45, 2.75) is 18.4 Å². The van der Waals surface area contributed by atoms with Crippen molar-refractivity contribution in [1.29, 1.82) is 0 Å². The van der Waals surface area contributed by atoms with Crippen LogP contribution in [0, 0.1) is 0 Å². The average Bonchev–Trinajstić information content (AvgIpc) is 3.01. The van der Waals surface area contributed by atoms with Crippen molar-refractivity contribution in [1.82, 2.24) is 4.57 Å². The van der Waals surface area contributed by atoms with Gasteiger partial charge in [-0.15, -0.1) is 0 Å². The highest BCUT2D eigenvalue weighted by Crippen LogP contribution is 2.35. The van der Waals surface area contributed by atoms with Crippen LogP contribution in [0.25, 0.3) is 10.2 Å². The Bertz CT molecular complexity index is 1260. The summed E-state index contributed by atoms with van der Waals surface area (Å²) in [5.41, 5.74) is 0.954. The van der Waals surface area contributed by atoms with Crippen molar-refractivity contribution in [2.75, 3.05) is 19.5 Å². The molecule has 0 bridgehead atoms. The van der Waals surface area contributed by atoms with E-state index in [4.69, 9.17) is 9.47 Å². The fourth-order valence-corrected chi connectivity index (χ4v) is 5.09. The molecule has 0 fully saturated rings. The Kier molecular flexibility index (Phi) is 4.72. The molecule has 28 heavy (non-hydrogen) atoms. The van der Waals surface area contributed by atoms with E-state index in [9.17, 15) is 13.2 Å². The minimum Gasteiger partial charge on any atom is -0.486 e. The van der Waals surface area contributed by atoms with Crippen molar-refractivity contribution in [3.05, 3.63) is 46.8 Å². The first kappa shape index (κ1) is 18.7. The second kappa shape index (κ2) is 7.06. The zero-order valence-corrected chi connectivity index (χ0v) is 17.0. The fraction of sp³-hybridized carbons (Fsp3) is 0.263. The van der Waals surface area contributed by atoms with Gasteiger partial charge in [-0.2, -0.15) is 4.99 Å². The maximum atomic E-state index is 12.8. The van der Waals surface area contributed by atoms with Crippen molar-refractivity contribution >= 4 is 37.3 Å². The molecule has 7 nitrogen and oxygen atoms in total. The first-order chi connectivity index (χ1) is 13.4. The third-order valence-corrected chi connectivity index (χ3v) is 6.57. The summed E-state index contributed by atoms with van der Waals surface area (Å²) in [4.78, 5) is 17.5. The Morgan fingerprint density at radius 2 is 1.86 bits per heavy atom. The zero-order chi connectivity index (χ0) is 19.9. The van der Waals surface area contributed by atoms with E-state index in [1.807, 2.05) is 23.6 Å². The molecule has 2 aromatic carbocycles. The molecule has 9 heteroatoms. The maximum absolute atomic E-state index is 12.8. The second-order valence-electron chi connectivity index (χ2n) is 6.28. The van der Waals surface area contributed by atoms with Crippen LogP contribution in [0.1, 0.15) is 17.3 Å². The third kappa shape index (κ3) is 3.31. The monoisotopic (exact) mass is 418 g/mol. The first-order valence-electron chi connectivity index (χ1n) is 8.69. The SMILES string of the molecule is CCn1c(=NC(=O)c2ccccc2S(C)(=O)=O)sc2cc3c(cc21)OCCO3. The Morgan fingerprint density at radius 1 is 1.18 bits per heavy atom. The lowest BCUT2D eigenvalue weighted by Gasteiger charge is -2.18. The molecule has 0 saturated heterocycles. The Labute approximate surface area is 165 Å². The minimum absolute atomic E-state index is 0.0230. The molecule has 1 aliphatic heterocycles. The number of carbonyl (C=O) groups is 1. The van der Waals surface area contributed by atoms with Crippen LogP contribution in [-0.4, -0.2) is 38.4 Å². The lowest BCUT2D eigenvalue weighted by Crippen LogP contribution is -2.17. The molecule has 0 N–H and O–H groups in total. The van der Waals surface area contributed by atoms with Crippen molar-refractivity contribution in [2.24, 2.45) is 4.99 Å². The van der Waals surface area contributed by atoms with Crippen LogP contribution in [0.4, 0.5) is 0 Å². The molecule has 0 radical (unpaired) electrons. The minimum atomic E-state index is -3.54. The Hall–Kier alpha value is -2.65. The maximum Gasteiger partial charge on any atom is 0.280 e. The van der Waals surface area contributed by atoms with E-state index in [0.717, 1.165) is 16.5 Å². The average molecular weight is 418 g/mol. The molecule has 4 rings (SSSR count). The number of hydrogen-bond donors (Lipinski definition) is 0. The number of ether oxygens (including phenoxy) is 2. The molecule has 0 saturated carbocycles. The summed E-state index contributed by atoms with van der Waals surface area (Å²) in [6.45, 7) is 3.54. The van der Waals surface area contributed by atoms with Gasteiger partial charge in [0.1, 0.15) is 13.2 Å². The topological polar surface area (TPSA) is 87.0 Å². The van der Waals surface area contributed by atoms with E-state index in [1.165, 1.54) is 23.5 Å². The molecule has 146 valence electrons. The standard InChI is InChI=1S/C19H18N2O5S2/c1-3-21-13-10-14-15(26-9-8-25-14)11-16(13)27-19(21)20-18(22)12-6-4-5-7-17(12)28(2,23)24/h4-7,10-11H,3,8-9H2,1-2H3. The van der Waals surface area contributed by atoms with E-state index < -0.39 is 15.7 Å². The van der Waals surface area contributed by atoms with Gasteiger partial charge in [-0.25, -0.2) is 8.42 Å². The molecule has 0 atom stereocenters. The molecule has 0 aliphatic carbocycles. The lowest BCUT2D eigenvalue weighted by molar-refractivity contribution is 0.0994. The lowest BCUT2D eigenvalue weighted by atomic mass is 10.2. The predicted molar refractivity (Wildman–Crippen MR) is 106 cm³/mol. The summed E-state index contributed by atoms with van der Waals surface area (Å²) in [6.07, 6.45) is 1.08. The summed E-state index contributed by atoms with van der Waals surface area (Å²) in [5.74, 6) is 0.745. The van der Waals surface area contributed by atoms with Crippen molar-refractivity contribution < 1.29 is 22.7 Å². The second-order valence-corrected chi connectivity index (χ2v) is 9.27. The van der Waals surface area contributed by atoms with Crippen LogP contribution < -0.4 is 14.3 Å². The van der Waals surface area contributed by atoms with Crippen molar-refractivity contribution in [3.63, 3.8) is 0 Å². The largest absolute Gasteiger partial charge is 0.486 e. The van der Waals surface area contributed by atoms with Crippen LogP contribution in [0.3, 0.4) is 0 Å². The fourth-order valence-electron chi connectivity index (χ4n) is 3.11. The Balaban J connectivity index is 1.87. The van der Waals surface area contributed by atoms with E-state index >= 15 is 0 Å². The third-order valence-electron chi connectivity index (χ3n) is 4.38. The van der Waals surface area contributed by atoms with Gasteiger partial charge in [0.25, 0.3) is 5.91 Å². The van der Waals surface area contributed by atoms with Crippen LogP contribution in [0.5, 0.6) is 11.5 Å². The van der Waals surface area contributed by atoms with Crippen molar-refractivity contribution in [3.8, 4) is 11.5 Å². The quantitative estimate of drug-likeness (QED) is 0.653. The number of carbonyl (C=O) groups excluding carboxylic acids is 1. The van der Waals surface area contributed by atoms with Gasteiger partial charge < -0.3 is 14.0 Å². The van der Waals surface area contributed by atoms with Crippen LogP contribution >= 0.6 is 11.3 Å². The van der Waals surface area contributed by atoms with E-state index in [-0.39, 0.29) is 10.5 Å². The van der Waals surface area contributed by atoms with E-state index in [1.54, 1.807) is 12.1 Å². The molecule has 0 unspecified atom stereocenters. The molecular formula is C19H18N2O5S2. The molecule has 1 aromatic heterocycles. The number of aryl methyl sites for hydroxylation is 1. The van der Waals surface area contributed by atoms with Gasteiger partial charge in [0, 0.05) is 24.9 Å². The van der Waals surface area contributed by atoms with Gasteiger partial charge in [-0.05, 0) is 19.1 Å². The summed E-state index contributed by atoms with van der Waals surface area (Å²) < 4.78 is 38.1. The van der Waals surface area contributed by atoms with Crippen LogP contribution in [0.15, 0.2) is 46.3 Å². The number of benzene rings is 2. The first-order valence-corrected chi connectivity index (χ1v) is 11.4. The highest BCUT2D eigenvalue weighted by Gasteiger charge is 2.19. The summed E-state index contributed by atoms with van der Waals surface area (Å²) in [7, 11) is -3.54. The zero-order valence-electron chi connectivity index (χ0n) is 15.3. The Morgan fingerprint density at radius 3 is 2.54 bits per heavy atom. The van der Waals surface area contributed by atoms with Crippen LogP contribution in [0.2, 0.25) is 0 Å². The summed E-state index contributed by atoms with van der Waals surface area (Å²) >= 11 is 1.35. The summed E-state index contributed by atoms with van der Waals surface area (Å²) in [5, 5.41) is 0. The molecular weight excluding hydrogens is 400 g/mol. The number of amides is 1. The number of hydrogen-bond acceptors (Lipinski definition) is 6. The van der Waals surface area contributed by atoms with Gasteiger partial charge in [-0.1, -0.05) is 23.5 Å². The highest BCUT2D eigenvalue weighted by molar-refractivity contribution is 7.90. The normalized spacial score (nSPS) is 14.4. The number of nitrogens with zero attached hydrogens (tertiary/aromatic N) is 2. The van der Waals surface area contributed by atoms with Gasteiger partial charge >= 0.3 is 0 Å². The van der Waals surface area contributed by atoms with E-state index in [2.05, 4.69) is 4.99 Å². The number of rotatable bonds is 3.